The SMILES string of the molecule is CCCc1nc2ccc(C(F)(F)F)cn2c1C(=O)NCCN(C)C. The van der Waals surface area contributed by atoms with Crippen molar-refractivity contribution < 1.29 is 18.0 Å². The van der Waals surface area contributed by atoms with Crippen molar-refractivity contribution in [2.24, 2.45) is 0 Å². The van der Waals surface area contributed by atoms with Gasteiger partial charge in [-0.1, -0.05) is 13.3 Å². The summed E-state index contributed by atoms with van der Waals surface area (Å²) in [6.45, 7) is 2.97. The topological polar surface area (TPSA) is 49.6 Å². The number of halogens is 3. The van der Waals surface area contributed by atoms with Crippen LogP contribution < -0.4 is 5.32 Å². The molecule has 132 valence electrons. The zero-order valence-corrected chi connectivity index (χ0v) is 13.9. The Labute approximate surface area is 138 Å². The van der Waals surface area contributed by atoms with E-state index in [2.05, 4.69) is 10.3 Å². The minimum absolute atomic E-state index is 0.178. The molecule has 2 aromatic heterocycles. The third-order valence-corrected chi connectivity index (χ3v) is 3.56. The third kappa shape index (κ3) is 4.05. The van der Waals surface area contributed by atoms with Crippen molar-refractivity contribution in [3.05, 3.63) is 35.3 Å². The van der Waals surface area contributed by atoms with Crippen molar-refractivity contribution >= 4 is 11.6 Å². The maximum absolute atomic E-state index is 13.0. The molecule has 2 rings (SSSR count). The lowest BCUT2D eigenvalue weighted by Gasteiger charge is -2.12. The lowest BCUT2D eigenvalue weighted by Crippen LogP contribution is -2.32. The molecule has 0 aromatic carbocycles. The highest BCUT2D eigenvalue weighted by atomic mass is 19.4. The number of nitrogens with one attached hydrogen (secondary N) is 1. The molecule has 1 N–H and O–H groups in total. The normalized spacial score (nSPS) is 12.1. The Bertz CT molecular complexity index is 722. The number of aryl methyl sites for hydroxylation is 1. The van der Waals surface area contributed by atoms with Crippen LogP contribution in [0.25, 0.3) is 5.65 Å². The molecule has 24 heavy (non-hydrogen) atoms. The maximum Gasteiger partial charge on any atom is 0.417 e. The number of alkyl halides is 3. The Hall–Kier alpha value is -2.09. The molecular weight excluding hydrogens is 321 g/mol. The molecule has 0 fully saturated rings. The molecule has 0 aliphatic carbocycles. The summed E-state index contributed by atoms with van der Waals surface area (Å²) in [5.74, 6) is -0.410. The smallest absolute Gasteiger partial charge is 0.349 e. The van der Waals surface area contributed by atoms with E-state index in [1.165, 1.54) is 10.5 Å². The van der Waals surface area contributed by atoms with Gasteiger partial charge < -0.3 is 10.2 Å². The Kier molecular flexibility index (Phi) is 5.48. The van der Waals surface area contributed by atoms with Gasteiger partial charge in [0.15, 0.2) is 0 Å². The van der Waals surface area contributed by atoms with Crippen molar-refractivity contribution in [3.63, 3.8) is 0 Å². The molecule has 2 aromatic rings. The first-order valence-electron chi connectivity index (χ1n) is 7.75. The number of likely N-dealkylation sites (N-methyl/N-ethyl adjacent to an activating group) is 1. The Morgan fingerprint density at radius 1 is 1.33 bits per heavy atom. The van der Waals surface area contributed by atoms with Crippen LogP contribution in [0.15, 0.2) is 18.3 Å². The Morgan fingerprint density at radius 2 is 2.04 bits per heavy atom. The van der Waals surface area contributed by atoms with Crippen molar-refractivity contribution in [2.45, 2.75) is 25.9 Å². The molecule has 0 radical (unpaired) electrons. The highest BCUT2D eigenvalue weighted by molar-refractivity contribution is 5.94. The molecule has 5 nitrogen and oxygen atoms in total. The first kappa shape index (κ1) is 18.3. The van der Waals surface area contributed by atoms with Gasteiger partial charge in [-0.25, -0.2) is 4.98 Å². The number of aromatic nitrogens is 2. The summed E-state index contributed by atoms with van der Waals surface area (Å²) >= 11 is 0. The molecule has 0 bridgehead atoms. The van der Waals surface area contributed by atoms with Crippen LogP contribution in [0.4, 0.5) is 13.2 Å². The van der Waals surface area contributed by atoms with Crippen LogP contribution in [0.5, 0.6) is 0 Å². The van der Waals surface area contributed by atoms with Crippen molar-refractivity contribution in [3.8, 4) is 0 Å². The molecule has 0 atom stereocenters. The van der Waals surface area contributed by atoms with E-state index in [0.29, 0.717) is 30.9 Å². The van der Waals surface area contributed by atoms with Crippen molar-refractivity contribution in [1.29, 1.82) is 0 Å². The third-order valence-electron chi connectivity index (χ3n) is 3.56. The van der Waals surface area contributed by atoms with Crippen LogP contribution in [0.2, 0.25) is 0 Å². The maximum atomic E-state index is 13.0. The monoisotopic (exact) mass is 342 g/mol. The van der Waals surface area contributed by atoms with Crippen LogP contribution in [0.3, 0.4) is 0 Å². The fourth-order valence-corrected chi connectivity index (χ4v) is 2.39. The number of amides is 1. The fraction of sp³-hybridized carbons (Fsp3) is 0.500. The lowest BCUT2D eigenvalue weighted by atomic mass is 10.2. The summed E-state index contributed by atoms with van der Waals surface area (Å²) in [6.07, 6.45) is -2.27. The molecule has 0 unspecified atom stereocenters. The number of hydrogen-bond acceptors (Lipinski definition) is 3. The van der Waals surface area contributed by atoms with E-state index in [0.717, 1.165) is 18.7 Å². The highest BCUT2D eigenvalue weighted by Gasteiger charge is 2.31. The molecule has 1 amide bonds. The van der Waals surface area contributed by atoms with Crippen LogP contribution in [-0.2, 0) is 12.6 Å². The van der Waals surface area contributed by atoms with Crippen LogP contribution in [0.1, 0.15) is 35.1 Å². The molecule has 8 heteroatoms. The summed E-state index contributed by atoms with van der Waals surface area (Å²) in [4.78, 5) is 18.7. The molecule has 0 aliphatic heterocycles. The first-order valence-corrected chi connectivity index (χ1v) is 7.75. The summed E-state index contributed by atoms with van der Waals surface area (Å²) < 4.78 is 40.1. The zero-order chi connectivity index (χ0) is 17.9. The summed E-state index contributed by atoms with van der Waals surface area (Å²) in [5, 5.41) is 2.74. The van der Waals surface area contributed by atoms with Crippen LogP contribution in [0, 0.1) is 0 Å². The largest absolute Gasteiger partial charge is 0.417 e. The van der Waals surface area contributed by atoms with Gasteiger partial charge in [-0.3, -0.25) is 9.20 Å². The molecule has 0 saturated heterocycles. The quantitative estimate of drug-likeness (QED) is 0.878. The average molecular weight is 342 g/mol. The van der Waals surface area contributed by atoms with Gasteiger partial charge in [-0.05, 0) is 32.6 Å². The summed E-state index contributed by atoms with van der Waals surface area (Å²) in [5.41, 5.74) is 0.220. The number of rotatable bonds is 6. The second kappa shape index (κ2) is 7.21. The van der Waals surface area contributed by atoms with E-state index in [1.807, 2.05) is 25.9 Å². The second-order valence-electron chi connectivity index (χ2n) is 5.86. The van der Waals surface area contributed by atoms with Crippen LogP contribution >= 0.6 is 0 Å². The van der Waals surface area contributed by atoms with E-state index in [1.54, 1.807) is 0 Å². The molecule has 2 heterocycles. The number of pyridine rings is 1. The fourth-order valence-electron chi connectivity index (χ4n) is 2.39. The van der Waals surface area contributed by atoms with Gasteiger partial charge in [0.2, 0.25) is 0 Å². The Morgan fingerprint density at radius 3 is 2.62 bits per heavy atom. The Balaban J connectivity index is 2.43. The number of imidazole rings is 1. The van der Waals surface area contributed by atoms with E-state index < -0.39 is 17.6 Å². The van der Waals surface area contributed by atoms with Gasteiger partial charge in [0, 0.05) is 19.3 Å². The van der Waals surface area contributed by atoms with Crippen molar-refractivity contribution in [2.75, 3.05) is 27.2 Å². The predicted octanol–water partition coefficient (Wildman–Crippen LogP) is 2.60. The van der Waals surface area contributed by atoms with Gasteiger partial charge in [-0.2, -0.15) is 13.2 Å². The van der Waals surface area contributed by atoms with Crippen LogP contribution in [-0.4, -0.2) is 47.4 Å². The number of carbonyl (C=O) groups is 1. The minimum Gasteiger partial charge on any atom is -0.349 e. The second-order valence-corrected chi connectivity index (χ2v) is 5.86. The number of fused-ring (bicyclic) bond motifs is 1. The van der Waals surface area contributed by atoms with E-state index in [4.69, 9.17) is 0 Å². The molecule has 0 saturated carbocycles. The number of carbonyl (C=O) groups excluding carboxylic acids is 1. The highest BCUT2D eigenvalue weighted by Crippen LogP contribution is 2.30. The standard InChI is InChI=1S/C16H21F3N4O/c1-4-5-12-14(15(24)20-8-9-22(2)3)23-10-11(16(17,18)19)6-7-13(23)21-12/h6-7,10H,4-5,8-9H2,1-3H3,(H,20,24). The van der Waals surface area contributed by atoms with Gasteiger partial charge >= 0.3 is 6.18 Å². The van der Waals surface area contributed by atoms with Gasteiger partial charge in [0.05, 0.1) is 11.3 Å². The lowest BCUT2D eigenvalue weighted by molar-refractivity contribution is -0.137. The van der Waals surface area contributed by atoms with Crippen molar-refractivity contribution in [1.82, 2.24) is 19.6 Å². The minimum atomic E-state index is -4.47. The number of nitrogens with zero attached hydrogens (tertiary/aromatic N) is 3. The van der Waals surface area contributed by atoms with Gasteiger partial charge in [0.1, 0.15) is 11.3 Å². The average Bonchev–Trinajstić information content (AvgIpc) is 2.83. The zero-order valence-electron chi connectivity index (χ0n) is 13.9. The molecule has 0 aliphatic rings. The van der Waals surface area contributed by atoms with Gasteiger partial charge in [-0.15, -0.1) is 0 Å². The van der Waals surface area contributed by atoms with Gasteiger partial charge in [0.25, 0.3) is 5.91 Å². The summed E-state index contributed by atoms with van der Waals surface area (Å²) in [7, 11) is 3.75. The predicted molar refractivity (Wildman–Crippen MR) is 85.1 cm³/mol. The first-order chi connectivity index (χ1) is 11.2. The molecular formula is C16H21F3N4O. The van der Waals surface area contributed by atoms with E-state index in [9.17, 15) is 18.0 Å². The number of hydrogen-bond donors (Lipinski definition) is 1. The molecule has 0 spiro atoms. The van der Waals surface area contributed by atoms with E-state index in [-0.39, 0.29) is 5.69 Å². The van der Waals surface area contributed by atoms with E-state index >= 15 is 0 Å². The summed E-state index contributed by atoms with van der Waals surface area (Å²) in [6, 6.07) is 2.27.